The average Bonchev–Trinajstić information content (AvgIpc) is 3.38. The Balaban J connectivity index is 1.32. The fourth-order valence-corrected chi connectivity index (χ4v) is 3.07. The molecule has 0 aliphatic carbocycles. The highest BCUT2D eigenvalue weighted by Gasteiger charge is 2.11. The molecule has 2 aromatic heterocycles. The molecule has 146 valence electrons. The van der Waals surface area contributed by atoms with Gasteiger partial charge in [-0.1, -0.05) is 59.8 Å². The predicted molar refractivity (Wildman–Crippen MR) is 109 cm³/mol. The summed E-state index contributed by atoms with van der Waals surface area (Å²) in [5.41, 5.74) is 4.74. The number of hydrogen-bond donors (Lipinski definition) is 1. The number of aryl methyl sites for hydroxylation is 1. The minimum atomic E-state index is -0.253. The van der Waals surface area contributed by atoms with Crippen LogP contribution in [0.15, 0.2) is 73.2 Å². The van der Waals surface area contributed by atoms with Gasteiger partial charge in [0, 0.05) is 18.3 Å². The molecule has 0 saturated heterocycles. The van der Waals surface area contributed by atoms with Crippen LogP contribution in [0.4, 0.5) is 0 Å². The molecule has 0 atom stereocenters. The van der Waals surface area contributed by atoms with Gasteiger partial charge in [-0.2, -0.15) is 5.10 Å². The molecule has 4 aromatic rings. The summed E-state index contributed by atoms with van der Waals surface area (Å²) in [6.45, 7) is 3.72. The van der Waals surface area contributed by atoms with Crippen molar-refractivity contribution in [1.29, 1.82) is 0 Å². The Morgan fingerprint density at radius 2 is 1.72 bits per heavy atom. The molecule has 0 radical (unpaired) electrons. The molecule has 0 saturated carbocycles. The first-order valence-corrected chi connectivity index (χ1v) is 9.45. The molecule has 7 nitrogen and oxygen atoms in total. The Labute approximate surface area is 169 Å². The highest BCUT2D eigenvalue weighted by molar-refractivity contribution is 5.91. The van der Waals surface area contributed by atoms with Crippen LogP contribution < -0.4 is 5.32 Å². The maximum Gasteiger partial charge on any atom is 0.273 e. The number of benzene rings is 2. The summed E-state index contributed by atoms with van der Waals surface area (Å²) in [5.74, 6) is -0.253. The van der Waals surface area contributed by atoms with Crippen molar-refractivity contribution in [1.82, 2.24) is 30.1 Å². The van der Waals surface area contributed by atoms with Crippen molar-refractivity contribution in [3.8, 4) is 0 Å². The van der Waals surface area contributed by atoms with Crippen molar-refractivity contribution >= 4 is 5.91 Å². The van der Waals surface area contributed by atoms with Gasteiger partial charge < -0.3 is 5.32 Å². The Hall–Kier alpha value is -3.74. The number of amides is 1. The smallest absolute Gasteiger partial charge is 0.273 e. The summed E-state index contributed by atoms with van der Waals surface area (Å²) in [6, 6.07) is 18.2. The van der Waals surface area contributed by atoms with E-state index in [0.717, 1.165) is 11.1 Å². The van der Waals surface area contributed by atoms with Crippen LogP contribution in [0.25, 0.3) is 0 Å². The Kier molecular flexibility index (Phi) is 5.47. The van der Waals surface area contributed by atoms with Crippen LogP contribution in [0.2, 0.25) is 0 Å². The molecule has 0 spiro atoms. The largest absolute Gasteiger partial charge is 0.346 e. The van der Waals surface area contributed by atoms with E-state index in [0.29, 0.717) is 25.3 Å². The molecular weight excluding hydrogens is 364 g/mol. The number of nitrogens with one attached hydrogen (secondary N) is 1. The van der Waals surface area contributed by atoms with Crippen LogP contribution in [0.5, 0.6) is 0 Å². The lowest BCUT2D eigenvalue weighted by molar-refractivity contribution is 0.0946. The summed E-state index contributed by atoms with van der Waals surface area (Å²) in [5, 5.41) is 15.3. The third-order valence-electron chi connectivity index (χ3n) is 4.69. The Morgan fingerprint density at radius 3 is 2.55 bits per heavy atom. The topological polar surface area (TPSA) is 77.6 Å². The number of nitrogens with zero attached hydrogens (tertiary/aromatic N) is 5. The quantitative estimate of drug-likeness (QED) is 0.530. The second-order valence-corrected chi connectivity index (χ2v) is 6.94. The number of aromatic nitrogens is 5. The lowest BCUT2D eigenvalue weighted by atomic mass is 10.1. The van der Waals surface area contributed by atoms with E-state index >= 15 is 0 Å². The van der Waals surface area contributed by atoms with Crippen LogP contribution in [0, 0.1) is 6.92 Å². The molecule has 29 heavy (non-hydrogen) atoms. The zero-order valence-electron chi connectivity index (χ0n) is 16.2. The van der Waals surface area contributed by atoms with Gasteiger partial charge in [0.15, 0.2) is 5.69 Å². The van der Waals surface area contributed by atoms with E-state index in [-0.39, 0.29) is 5.91 Å². The molecule has 0 bridgehead atoms. The van der Waals surface area contributed by atoms with Gasteiger partial charge in [-0.3, -0.25) is 9.48 Å². The zero-order valence-corrected chi connectivity index (χ0v) is 16.2. The number of hydrogen-bond acceptors (Lipinski definition) is 4. The molecular formula is C22H22N6O. The second kappa shape index (κ2) is 8.52. The maximum atomic E-state index is 12.4. The lowest BCUT2D eigenvalue weighted by Crippen LogP contribution is -2.23. The summed E-state index contributed by atoms with van der Waals surface area (Å²) in [7, 11) is 0. The average molecular weight is 386 g/mol. The number of rotatable bonds is 7. The first kappa shape index (κ1) is 18.6. The zero-order chi connectivity index (χ0) is 20.1. The van der Waals surface area contributed by atoms with Crippen LogP contribution >= 0.6 is 0 Å². The molecule has 0 unspecified atom stereocenters. The minimum absolute atomic E-state index is 0.253. The van der Waals surface area contributed by atoms with Crippen molar-refractivity contribution in [2.45, 2.75) is 26.6 Å². The standard InChI is InChI=1S/C22H22N6O/c1-17-7-5-6-10-20(17)15-28-16-21(25-26-28)22(29)23-11-19-12-24-27(14-19)13-18-8-3-2-4-9-18/h2-10,12,14,16H,11,13,15H2,1H3,(H,23,29). The van der Waals surface area contributed by atoms with E-state index in [4.69, 9.17) is 0 Å². The fourth-order valence-electron chi connectivity index (χ4n) is 3.07. The van der Waals surface area contributed by atoms with E-state index in [1.54, 1.807) is 17.1 Å². The van der Waals surface area contributed by atoms with Gasteiger partial charge in [-0.25, -0.2) is 4.68 Å². The van der Waals surface area contributed by atoms with Crippen LogP contribution in [0.1, 0.15) is 32.7 Å². The summed E-state index contributed by atoms with van der Waals surface area (Å²) >= 11 is 0. The molecule has 0 aliphatic heterocycles. The van der Waals surface area contributed by atoms with Crippen LogP contribution in [0.3, 0.4) is 0 Å². The SMILES string of the molecule is Cc1ccccc1Cn1cc(C(=O)NCc2cnn(Cc3ccccc3)c2)nn1. The lowest BCUT2D eigenvalue weighted by Gasteiger charge is -2.04. The molecule has 1 N–H and O–H groups in total. The third kappa shape index (κ3) is 4.76. The van der Waals surface area contributed by atoms with Gasteiger partial charge in [-0.05, 0) is 23.6 Å². The van der Waals surface area contributed by atoms with Gasteiger partial charge in [0.1, 0.15) is 0 Å². The summed E-state index contributed by atoms with van der Waals surface area (Å²) in [4.78, 5) is 12.4. The van der Waals surface area contributed by atoms with Crippen molar-refractivity contribution in [2.75, 3.05) is 0 Å². The van der Waals surface area contributed by atoms with Crippen LogP contribution in [-0.4, -0.2) is 30.7 Å². The fraction of sp³-hybridized carbons (Fsp3) is 0.182. The van der Waals surface area contributed by atoms with E-state index < -0.39 is 0 Å². The summed E-state index contributed by atoms with van der Waals surface area (Å²) in [6.07, 6.45) is 5.36. The van der Waals surface area contributed by atoms with E-state index in [9.17, 15) is 4.79 Å². The van der Waals surface area contributed by atoms with Crippen molar-refractivity contribution in [3.05, 3.63) is 101 Å². The molecule has 0 fully saturated rings. The Morgan fingerprint density at radius 1 is 0.931 bits per heavy atom. The second-order valence-electron chi connectivity index (χ2n) is 6.94. The molecule has 7 heteroatoms. The van der Waals surface area contributed by atoms with Gasteiger partial charge in [0.05, 0.1) is 25.5 Å². The van der Waals surface area contributed by atoms with Crippen molar-refractivity contribution < 1.29 is 4.79 Å². The molecule has 2 aromatic carbocycles. The first-order valence-electron chi connectivity index (χ1n) is 9.45. The molecule has 4 rings (SSSR count). The van der Waals surface area contributed by atoms with Gasteiger partial charge in [-0.15, -0.1) is 5.10 Å². The normalized spacial score (nSPS) is 10.8. The molecule has 0 aliphatic rings. The number of carbonyl (C=O) groups excluding carboxylic acids is 1. The van der Waals surface area contributed by atoms with Gasteiger partial charge in [0.25, 0.3) is 5.91 Å². The Bertz CT molecular complexity index is 1100. The summed E-state index contributed by atoms with van der Waals surface area (Å²) < 4.78 is 3.53. The van der Waals surface area contributed by atoms with Gasteiger partial charge >= 0.3 is 0 Å². The first-order chi connectivity index (χ1) is 14.2. The monoisotopic (exact) mass is 386 g/mol. The van der Waals surface area contributed by atoms with E-state index in [1.807, 2.05) is 47.3 Å². The predicted octanol–water partition coefficient (Wildman–Crippen LogP) is 2.81. The van der Waals surface area contributed by atoms with E-state index in [2.05, 4.69) is 45.9 Å². The highest BCUT2D eigenvalue weighted by atomic mass is 16.2. The van der Waals surface area contributed by atoms with Crippen molar-refractivity contribution in [3.63, 3.8) is 0 Å². The van der Waals surface area contributed by atoms with Crippen LogP contribution in [-0.2, 0) is 19.6 Å². The third-order valence-corrected chi connectivity index (χ3v) is 4.69. The molecule has 1 amide bonds. The van der Waals surface area contributed by atoms with Gasteiger partial charge in [0.2, 0.25) is 0 Å². The number of carbonyl (C=O) groups is 1. The minimum Gasteiger partial charge on any atom is -0.346 e. The molecule has 2 heterocycles. The van der Waals surface area contributed by atoms with Crippen molar-refractivity contribution in [2.24, 2.45) is 0 Å². The highest BCUT2D eigenvalue weighted by Crippen LogP contribution is 2.09. The maximum absolute atomic E-state index is 12.4. The van der Waals surface area contributed by atoms with E-state index in [1.165, 1.54) is 11.1 Å².